The van der Waals surface area contributed by atoms with Gasteiger partial charge in [-0.05, 0) is 43.7 Å². The van der Waals surface area contributed by atoms with Crippen molar-refractivity contribution in [1.29, 1.82) is 0 Å². The Morgan fingerprint density at radius 3 is 2.97 bits per heavy atom. The molecule has 1 unspecified atom stereocenters. The van der Waals surface area contributed by atoms with Crippen LogP contribution in [0, 0.1) is 5.92 Å². The standard InChI is InChI=1S/C18H21N5O4S2/c24-29(25,15-6-3-4-13-17(15)22-28-21-13)23-9-2-1-5-14(23)18-19-16(27-20-18)11-26-10-12-7-8-12/h3-4,6,12,14H,1-2,5,7-11H2. The van der Waals surface area contributed by atoms with Crippen molar-refractivity contribution in [3.8, 4) is 0 Å². The Labute approximate surface area is 172 Å². The molecule has 1 saturated carbocycles. The number of nitrogens with zero attached hydrogens (tertiary/aromatic N) is 5. The molecular weight excluding hydrogens is 414 g/mol. The van der Waals surface area contributed by atoms with Crippen molar-refractivity contribution in [3.05, 3.63) is 29.9 Å². The van der Waals surface area contributed by atoms with Gasteiger partial charge in [-0.1, -0.05) is 17.6 Å². The fourth-order valence-corrected chi connectivity index (χ4v) is 6.04. The lowest BCUT2D eigenvalue weighted by atomic mass is 10.0. The van der Waals surface area contributed by atoms with Crippen molar-refractivity contribution in [2.75, 3.05) is 13.2 Å². The maximum Gasteiger partial charge on any atom is 0.252 e. The summed E-state index contributed by atoms with van der Waals surface area (Å²) in [6, 6.07) is 4.58. The van der Waals surface area contributed by atoms with Gasteiger partial charge in [0.25, 0.3) is 5.89 Å². The largest absolute Gasteiger partial charge is 0.371 e. The molecule has 1 aliphatic carbocycles. The number of hydrogen-bond donors (Lipinski definition) is 0. The first-order valence-corrected chi connectivity index (χ1v) is 11.9. The minimum atomic E-state index is -3.78. The Morgan fingerprint density at radius 2 is 2.10 bits per heavy atom. The van der Waals surface area contributed by atoms with Gasteiger partial charge < -0.3 is 9.26 Å². The molecule has 11 heteroatoms. The summed E-state index contributed by atoms with van der Waals surface area (Å²) >= 11 is 1.01. The van der Waals surface area contributed by atoms with Crippen LogP contribution in [0.25, 0.3) is 11.0 Å². The van der Waals surface area contributed by atoms with Gasteiger partial charge in [0, 0.05) is 6.54 Å². The van der Waals surface area contributed by atoms with Crippen LogP contribution < -0.4 is 0 Å². The second kappa shape index (κ2) is 7.71. The number of benzene rings is 1. The van der Waals surface area contributed by atoms with Gasteiger partial charge in [-0.25, -0.2) is 8.42 Å². The number of rotatable bonds is 7. The number of fused-ring (bicyclic) bond motifs is 1. The van der Waals surface area contributed by atoms with E-state index in [4.69, 9.17) is 9.26 Å². The lowest BCUT2D eigenvalue weighted by Gasteiger charge is -2.32. The van der Waals surface area contributed by atoms with Crippen LogP contribution in [0.2, 0.25) is 0 Å². The maximum atomic E-state index is 13.5. The monoisotopic (exact) mass is 435 g/mol. The third-order valence-corrected chi connectivity index (χ3v) is 7.83. The van der Waals surface area contributed by atoms with E-state index in [1.54, 1.807) is 18.2 Å². The van der Waals surface area contributed by atoms with Crippen molar-refractivity contribution >= 4 is 32.8 Å². The van der Waals surface area contributed by atoms with Crippen molar-refractivity contribution in [3.63, 3.8) is 0 Å². The molecule has 2 aromatic heterocycles. The molecule has 2 aliphatic rings. The minimum Gasteiger partial charge on any atom is -0.371 e. The summed E-state index contributed by atoms with van der Waals surface area (Å²) in [6.45, 7) is 1.36. The highest BCUT2D eigenvalue weighted by atomic mass is 32.2. The summed E-state index contributed by atoms with van der Waals surface area (Å²) in [7, 11) is -3.78. The van der Waals surface area contributed by atoms with Gasteiger partial charge in [0.2, 0.25) is 10.0 Å². The third-order valence-electron chi connectivity index (χ3n) is 5.35. The Hall–Kier alpha value is -1.95. The van der Waals surface area contributed by atoms with E-state index in [9.17, 15) is 8.42 Å². The van der Waals surface area contributed by atoms with E-state index in [0.717, 1.165) is 24.6 Å². The molecule has 1 aliphatic heterocycles. The summed E-state index contributed by atoms with van der Waals surface area (Å²) in [6.07, 6.45) is 4.76. The molecule has 0 radical (unpaired) electrons. The van der Waals surface area contributed by atoms with Crippen LogP contribution in [-0.4, -0.2) is 44.8 Å². The second-order valence-electron chi connectivity index (χ2n) is 7.52. The quantitative estimate of drug-likeness (QED) is 0.557. The van der Waals surface area contributed by atoms with Gasteiger partial charge in [0.15, 0.2) is 5.82 Å². The van der Waals surface area contributed by atoms with Crippen molar-refractivity contribution in [2.45, 2.75) is 49.6 Å². The fourth-order valence-electron chi connectivity index (χ4n) is 3.63. The first-order valence-electron chi connectivity index (χ1n) is 9.76. The fraction of sp³-hybridized carbons (Fsp3) is 0.556. The minimum absolute atomic E-state index is 0.173. The molecule has 0 amide bonds. The van der Waals surface area contributed by atoms with Gasteiger partial charge in [-0.15, -0.1) is 0 Å². The van der Waals surface area contributed by atoms with E-state index in [1.807, 2.05) is 0 Å². The van der Waals surface area contributed by atoms with Crippen molar-refractivity contribution < 1.29 is 17.7 Å². The van der Waals surface area contributed by atoms with Crippen molar-refractivity contribution in [2.24, 2.45) is 5.92 Å². The number of piperidine rings is 1. The van der Waals surface area contributed by atoms with E-state index in [-0.39, 0.29) is 11.5 Å². The molecule has 3 aromatic rings. The molecule has 0 bridgehead atoms. The van der Waals surface area contributed by atoms with Crippen LogP contribution in [0.1, 0.15) is 49.9 Å². The van der Waals surface area contributed by atoms with Crippen LogP contribution >= 0.6 is 11.7 Å². The number of aromatic nitrogens is 4. The molecule has 1 atom stereocenters. The highest BCUT2D eigenvalue weighted by Gasteiger charge is 2.38. The van der Waals surface area contributed by atoms with Gasteiger partial charge in [0.05, 0.1) is 24.4 Å². The zero-order chi connectivity index (χ0) is 19.8. The van der Waals surface area contributed by atoms with Crippen molar-refractivity contribution in [1.82, 2.24) is 23.2 Å². The number of sulfonamides is 1. The zero-order valence-electron chi connectivity index (χ0n) is 15.7. The van der Waals surface area contributed by atoms with Gasteiger partial charge in [-0.2, -0.15) is 18.0 Å². The normalized spacial score (nSPS) is 21.0. The van der Waals surface area contributed by atoms with Crippen LogP contribution in [0.4, 0.5) is 0 Å². The van der Waals surface area contributed by atoms with E-state index >= 15 is 0 Å². The van der Waals surface area contributed by atoms with Gasteiger partial charge in [0.1, 0.15) is 22.5 Å². The smallest absolute Gasteiger partial charge is 0.252 e. The molecular formula is C18H21N5O4S2. The Balaban J connectivity index is 1.41. The summed E-state index contributed by atoms with van der Waals surface area (Å²) in [5.74, 6) is 1.43. The van der Waals surface area contributed by atoms with Gasteiger partial charge >= 0.3 is 0 Å². The lowest BCUT2D eigenvalue weighted by Crippen LogP contribution is -2.39. The first kappa shape index (κ1) is 19.0. The Kier molecular flexibility index (Phi) is 5.06. The molecule has 9 nitrogen and oxygen atoms in total. The molecule has 3 heterocycles. The highest BCUT2D eigenvalue weighted by Crippen LogP contribution is 2.36. The average Bonchev–Trinajstić information content (AvgIpc) is 3.23. The SMILES string of the molecule is O=S(=O)(c1cccc2nsnc12)N1CCCCC1c1noc(COCC2CC2)n1. The highest BCUT2D eigenvalue weighted by molar-refractivity contribution is 7.89. The number of ether oxygens (including phenoxy) is 1. The van der Waals surface area contributed by atoms with Crippen LogP contribution in [0.15, 0.2) is 27.6 Å². The van der Waals surface area contributed by atoms with E-state index in [0.29, 0.717) is 48.2 Å². The summed E-state index contributed by atoms with van der Waals surface area (Å²) in [5.41, 5.74) is 0.989. The molecule has 1 aromatic carbocycles. The molecule has 1 saturated heterocycles. The topological polar surface area (TPSA) is 111 Å². The van der Waals surface area contributed by atoms with Gasteiger partial charge in [-0.3, -0.25) is 0 Å². The Morgan fingerprint density at radius 1 is 1.21 bits per heavy atom. The average molecular weight is 436 g/mol. The molecule has 2 fully saturated rings. The molecule has 0 spiro atoms. The predicted octanol–water partition coefficient (Wildman–Crippen LogP) is 2.92. The van der Waals surface area contributed by atoms with Crippen LogP contribution in [0.5, 0.6) is 0 Å². The molecule has 29 heavy (non-hydrogen) atoms. The maximum absolute atomic E-state index is 13.5. The summed E-state index contributed by atoms with van der Waals surface area (Å²) in [5, 5.41) is 4.06. The zero-order valence-corrected chi connectivity index (χ0v) is 17.4. The third kappa shape index (κ3) is 3.79. The van der Waals surface area contributed by atoms with E-state index < -0.39 is 16.1 Å². The van der Waals surface area contributed by atoms with E-state index in [1.165, 1.54) is 17.1 Å². The van der Waals surface area contributed by atoms with E-state index in [2.05, 4.69) is 18.9 Å². The summed E-state index contributed by atoms with van der Waals surface area (Å²) < 4.78 is 47.7. The number of hydrogen-bond acceptors (Lipinski definition) is 9. The molecule has 0 N–H and O–H groups in total. The summed E-state index contributed by atoms with van der Waals surface area (Å²) in [4.78, 5) is 4.60. The Bertz CT molecular complexity index is 1110. The lowest BCUT2D eigenvalue weighted by molar-refractivity contribution is 0.0894. The molecule has 5 rings (SSSR count). The first-order chi connectivity index (χ1) is 14.1. The predicted molar refractivity (Wildman–Crippen MR) is 105 cm³/mol. The molecule has 154 valence electrons. The second-order valence-corrected chi connectivity index (χ2v) is 9.91. The van der Waals surface area contributed by atoms with Crippen LogP contribution in [0.3, 0.4) is 0 Å². The van der Waals surface area contributed by atoms with Crippen LogP contribution in [-0.2, 0) is 21.4 Å².